The molecule has 1 saturated heterocycles. The topological polar surface area (TPSA) is 102 Å². The summed E-state index contributed by atoms with van der Waals surface area (Å²) in [7, 11) is 0. The van der Waals surface area contributed by atoms with Crippen LogP contribution in [0.1, 0.15) is 12.0 Å². The van der Waals surface area contributed by atoms with Crippen molar-refractivity contribution in [3.05, 3.63) is 46.5 Å². The van der Waals surface area contributed by atoms with Gasteiger partial charge in [0.05, 0.1) is 19.5 Å². The van der Waals surface area contributed by atoms with Gasteiger partial charge in [-0.2, -0.15) is 0 Å². The molecule has 1 aromatic carbocycles. The molecule has 3 aromatic rings. The van der Waals surface area contributed by atoms with Gasteiger partial charge in [0.1, 0.15) is 11.2 Å². The number of ether oxygens (including phenoxy) is 1. The number of nitrogens with one attached hydrogen (secondary N) is 1. The Morgan fingerprint density at radius 2 is 1.93 bits per heavy atom. The summed E-state index contributed by atoms with van der Waals surface area (Å²) in [6.07, 6.45) is 1.63. The molecule has 1 N–H and O–H groups in total. The van der Waals surface area contributed by atoms with Crippen molar-refractivity contribution in [3.63, 3.8) is 0 Å². The third-order valence-electron chi connectivity index (χ3n) is 5.21. The summed E-state index contributed by atoms with van der Waals surface area (Å²) in [6.45, 7) is 6.85. The molecule has 158 valence electrons. The average Bonchev–Trinajstić information content (AvgIpc) is 3.19. The standard InChI is InChI=1S/C21H25N5O4/c1-15-2-4-16(5-3-15)18-19-20(30-24-18)21(28)26(14-23-19)8-6-17(27)22-7-9-25-10-12-29-13-11-25/h2-5,14H,6-13H2,1H3,(H,22,27). The lowest BCUT2D eigenvalue weighted by Crippen LogP contribution is -2.41. The number of benzene rings is 1. The maximum atomic E-state index is 12.7. The van der Waals surface area contributed by atoms with Crippen LogP contribution < -0.4 is 10.9 Å². The van der Waals surface area contributed by atoms with E-state index in [1.807, 2.05) is 31.2 Å². The number of aryl methyl sites for hydroxylation is 2. The van der Waals surface area contributed by atoms with Crippen LogP contribution in [0.15, 0.2) is 39.9 Å². The minimum Gasteiger partial charge on any atom is -0.379 e. The van der Waals surface area contributed by atoms with E-state index in [1.165, 1.54) is 10.9 Å². The highest BCUT2D eigenvalue weighted by atomic mass is 16.5. The summed E-state index contributed by atoms with van der Waals surface area (Å²) in [4.78, 5) is 31.4. The molecule has 3 heterocycles. The first-order chi connectivity index (χ1) is 14.6. The molecule has 9 heteroatoms. The van der Waals surface area contributed by atoms with Crippen molar-refractivity contribution in [2.45, 2.75) is 19.9 Å². The van der Waals surface area contributed by atoms with Crippen LogP contribution in [-0.2, 0) is 16.1 Å². The molecule has 0 unspecified atom stereocenters. The van der Waals surface area contributed by atoms with Crippen LogP contribution in [0.4, 0.5) is 0 Å². The molecule has 4 rings (SSSR count). The second-order valence-electron chi connectivity index (χ2n) is 7.37. The third kappa shape index (κ3) is 4.58. The Bertz CT molecular complexity index is 1070. The van der Waals surface area contributed by atoms with Gasteiger partial charge in [0.25, 0.3) is 11.1 Å². The van der Waals surface area contributed by atoms with Crippen LogP contribution in [0.5, 0.6) is 0 Å². The van der Waals surface area contributed by atoms with Crippen molar-refractivity contribution >= 4 is 17.0 Å². The molecule has 0 spiro atoms. The van der Waals surface area contributed by atoms with Gasteiger partial charge in [-0.3, -0.25) is 19.1 Å². The molecule has 1 fully saturated rings. The zero-order valence-electron chi connectivity index (χ0n) is 17.0. The number of hydrogen-bond acceptors (Lipinski definition) is 7. The molecule has 0 atom stereocenters. The van der Waals surface area contributed by atoms with Crippen LogP contribution in [0.2, 0.25) is 0 Å². The van der Waals surface area contributed by atoms with Crippen molar-refractivity contribution in [2.75, 3.05) is 39.4 Å². The first-order valence-electron chi connectivity index (χ1n) is 10.1. The van der Waals surface area contributed by atoms with E-state index in [1.54, 1.807) is 0 Å². The monoisotopic (exact) mass is 411 g/mol. The number of carbonyl (C=O) groups excluding carboxylic acids is 1. The molecule has 1 aliphatic heterocycles. The largest absolute Gasteiger partial charge is 0.379 e. The van der Waals surface area contributed by atoms with E-state index in [0.717, 1.165) is 44.0 Å². The van der Waals surface area contributed by atoms with Gasteiger partial charge < -0.3 is 14.6 Å². The van der Waals surface area contributed by atoms with E-state index in [2.05, 4.69) is 20.4 Å². The summed E-state index contributed by atoms with van der Waals surface area (Å²) in [5.74, 6) is -0.104. The lowest BCUT2D eigenvalue weighted by Gasteiger charge is -2.26. The van der Waals surface area contributed by atoms with Gasteiger partial charge in [-0.1, -0.05) is 35.0 Å². The van der Waals surface area contributed by atoms with Crippen molar-refractivity contribution in [1.82, 2.24) is 24.9 Å². The zero-order chi connectivity index (χ0) is 20.9. The number of nitrogens with zero attached hydrogens (tertiary/aromatic N) is 4. The number of fused-ring (bicyclic) bond motifs is 1. The summed E-state index contributed by atoms with van der Waals surface area (Å²) < 4.78 is 12.0. The van der Waals surface area contributed by atoms with Gasteiger partial charge in [-0.15, -0.1) is 0 Å². The van der Waals surface area contributed by atoms with E-state index < -0.39 is 0 Å². The third-order valence-corrected chi connectivity index (χ3v) is 5.21. The Labute approximate surface area is 173 Å². The summed E-state index contributed by atoms with van der Waals surface area (Å²) in [5.41, 5.74) is 2.69. The molecule has 1 amide bonds. The van der Waals surface area contributed by atoms with E-state index in [9.17, 15) is 9.59 Å². The van der Waals surface area contributed by atoms with Crippen molar-refractivity contribution < 1.29 is 14.1 Å². The van der Waals surface area contributed by atoms with Crippen LogP contribution >= 0.6 is 0 Å². The van der Waals surface area contributed by atoms with Crippen LogP contribution in [0.3, 0.4) is 0 Å². The fourth-order valence-electron chi connectivity index (χ4n) is 3.40. The molecule has 1 aliphatic rings. The number of hydrogen-bond donors (Lipinski definition) is 1. The predicted molar refractivity (Wildman–Crippen MR) is 111 cm³/mol. The lowest BCUT2D eigenvalue weighted by molar-refractivity contribution is -0.121. The van der Waals surface area contributed by atoms with Gasteiger partial charge in [-0.05, 0) is 6.92 Å². The Morgan fingerprint density at radius 3 is 2.70 bits per heavy atom. The lowest BCUT2D eigenvalue weighted by atomic mass is 10.1. The molecule has 0 saturated carbocycles. The van der Waals surface area contributed by atoms with E-state index in [-0.39, 0.29) is 30.0 Å². The fraction of sp³-hybridized carbons (Fsp3) is 0.429. The molecule has 9 nitrogen and oxygen atoms in total. The van der Waals surface area contributed by atoms with E-state index >= 15 is 0 Å². The molecule has 0 aliphatic carbocycles. The highest BCUT2D eigenvalue weighted by Gasteiger charge is 2.17. The normalized spacial score (nSPS) is 14.8. The fourth-order valence-corrected chi connectivity index (χ4v) is 3.40. The Balaban J connectivity index is 1.36. The smallest absolute Gasteiger partial charge is 0.299 e. The van der Waals surface area contributed by atoms with Crippen LogP contribution in [-0.4, -0.2) is 64.9 Å². The minimum absolute atomic E-state index is 0.0980. The van der Waals surface area contributed by atoms with Crippen molar-refractivity contribution in [1.29, 1.82) is 0 Å². The van der Waals surface area contributed by atoms with Crippen LogP contribution in [0.25, 0.3) is 22.4 Å². The van der Waals surface area contributed by atoms with Crippen LogP contribution in [0, 0.1) is 6.92 Å². The molecule has 0 bridgehead atoms. The van der Waals surface area contributed by atoms with Gasteiger partial charge in [0.2, 0.25) is 5.91 Å². The highest BCUT2D eigenvalue weighted by Crippen LogP contribution is 2.24. The first-order valence-corrected chi connectivity index (χ1v) is 10.1. The number of rotatable bonds is 7. The summed E-state index contributed by atoms with van der Waals surface area (Å²) >= 11 is 0. The van der Waals surface area contributed by atoms with Gasteiger partial charge in [0.15, 0.2) is 0 Å². The Kier molecular flexibility index (Phi) is 6.20. The predicted octanol–water partition coefficient (Wildman–Crippen LogP) is 1.20. The summed E-state index contributed by atoms with van der Waals surface area (Å²) in [5, 5.41) is 6.93. The number of morpholine rings is 1. The molecule has 30 heavy (non-hydrogen) atoms. The molecular weight excluding hydrogens is 386 g/mol. The maximum Gasteiger partial charge on any atom is 0.299 e. The Morgan fingerprint density at radius 1 is 1.17 bits per heavy atom. The van der Waals surface area contributed by atoms with Gasteiger partial charge in [-0.25, -0.2) is 4.98 Å². The molecule has 2 aromatic heterocycles. The van der Waals surface area contributed by atoms with Crippen molar-refractivity contribution in [2.24, 2.45) is 0 Å². The zero-order valence-corrected chi connectivity index (χ0v) is 17.0. The molecular formula is C21H25N5O4. The second kappa shape index (κ2) is 9.19. The first kappa shape index (κ1) is 20.2. The number of amides is 1. The highest BCUT2D eigenvalue weighted by molar-refractivity contribution is 5.87. The quantitative estimate of drug-likeness (QED) is 0.623. The van der Waals surface area contributed by atoms with E-state index in [4.69, 9.17) is 9.26 Å². The number of aromatic nitrogens is 3. The molecule has 0 radical (unpaired) electrons. The van der Waals surface area contributed by atoms with Crippen molar-refractivity contribution in [3.8, 4) is 11.3 Å². The maximum absolute atomic E-state index is 12.7. The van der Waals surface area contributed by atoms with Gasteiger partial charge in [0, 0.05) is 44.7 Å². The van der Waals surface area contributed by atoms with E-state index in [0.29, 0.717) is 17.8 Å². The Hall–Kier alpha value is -3.04. The van der Waals surface area contributed by atoms with Gasteiger partial charge >= 0.3 is 0 Å². The minimum atomic E-state index is -0.341. The second-order valence-corrected chi connectivity index (χ2v) is 7.37. The average molecular weight is 411 g/mol. The summed E-state index contributed by atoms with van der Waals surface area (Å²) in [6, 6.07) is 7.77. The number of carbonyl (C=O) groups is 1. The SMILES string of the molecule is Cc1ccc(-c2noc3c(=O)n(CCC(=O)NCCN4CCOCC4)cnc23)cc1.